The number of nitrogens with one attached hydrogen (secondary N) is 1. The van der Waals surface area contributed by atoms with E-state index in [4.69, 9.17) is 0 Å². The van der Waals surface area contributed by atoms with Crippen molar-refractivity contribution in [2.75, 3.05) is 0 Å². The Labute approximate surface area is 103 Å². The van der Waals surface area contributed by atoms with Crippen LogP contribution in [0, 0.1) is 6.92 Å². The van der Waals surface area contributed by atoms with Gasteiger partial charge in [-0.1, -0.05) is 11.3 Å². The Morgan fingerprint density at radius 3 is 2.88 bits per heavy atom. The highest BCUT2D eigenvalue weighted by Gasteiger charge is 2.20. The fraction of sp³-hybridized carbons (Fsp3) is 0.455. The second-order valence-corrected chi connectivity index (χ2v) is 6.42. The second-order valence-electron chi connectivity index (χ2n) is 4.07. The molecule has 16 heavy (non-hydrogen) atoms. The van der Waals surface area contributed by atoms with Gasteiger partial charge in [0.05, 0.1) is 4.88 Å². The zero-order valence-electron chi connectivity index (χ0n) is 9.06. The molecule has 1 N–H and O–H groups in total. The van der Waals surface area contributed by atoms with Crippen LogP contribution in [0.4, 0.5) is 0 Å². The Bertz CT molecular complexity index is 485. The quantitative estimate of drug-likeness (QED) is 0.908. The molecule has 3 rings (SSSR count). The molecule has 0 aliphatic heterocycles. The van der Waals surface area contributed by atoms with Gasteiger partial charge in [0.2, 0.25) is 0 Å². The molecule has 1 fully saturated rings. The van der Waals surface area contributed by atoms with Crippen molar-refractivity contribution >= 4 is 22.7 Å². The first-order valence-electron chi connectivity index (χ1n) is 5.44. The van der Waals surface area contributed by atoms with E-state index in [0.717, 1.165) is 22.6 Å². The van der Waals surface area contributed by atoms with Gasteiger partial charge in [-0.3, -0.25) is 0 Å². The van der Waals surface area contributed by atoms with Gasteiger partial charge in [0.25, 0.3) is 0 Å². The summed E-state index contributed by atoms with van der Waals surface area (Å²) < 4.78 is 0. The molecule has 84 valence electrons. The number of aromatic nitrogens is 2. The molecule has 1 aliphatic carbocycles. The molecule has 0 spiro atoms. The van der Waals surface area contributed by atoms with Gasteiger partial charge >= 0.3 is 0 Å². The minimum atomic E-state index is 0.733. The molecule has 0 unspecified atom stereocenters. The van der Waals surface area contributed by atoms with Crippen LogP contribution in [0.1, 0.15) is 22.7 Å². The summed E-state index contributed by atoms with van der Waals surface area (Å²) in [6.45, 7) is 2.98. The van der Waals surface area contributed by atoms with E-state index in [0.29, 0.717) is 0 Å². The molecule has 0 saturated heterocycles. The maximum atomic E-state index is 4.24. The topological polar surface area (TPSA) is 37.8 Å². The third-order valence-electron chi connectivity index (χ3n) is 2.54. The van der Waals surface area contributed by atoms with Gasteiger partial charge in [-0.25, -0.2) is 0 Å². The lowest BCUT2D eigenvalue weighted by atomic mass is 10.4. The van der Waals surface area contributed by atoms with E-state index in [2.05, 4.69) is 34.6 Å². The van der Waals surface area contributed by atoms with Crippen molar-refractivity contribution in [1.82, 2.24) is 15.5 Å². The lowest BCUT2D eigenvalue weighted by Gasteiger charge is -1.95. The van der Waals surface area contributed by atoms with E-state index < -0.39 is 0 Å². The molecule has 1 saturated carbocycles. The molecular formula is C11H13N3S2. The van der Waals surface area contributed by atoms with Crippen LogP contribution in [0.15, 0.2) is 12.1 Å². The highest BCUT2D eigenvalue weighted by Crippen LogP contribution is 2.30. The molecule has 0 atom stereocenters. The second kappa shape index (κ2) is 4.24. The fourth-order valence-corrected chi connectivity index (χ4v) is 3.20. The summed E-state index contributed by atoms with van der Waals surface area (Å²) in [6, 6.07) is 4.98. The number of nitrogens with zero attached hydrogens (tertiary/aromatic N) is 2. The average Bonchev–Trinajstić information content (AvgIpc) is 2.81. The molecule has 0 bridgehead atoms. The third-order valence-corrected chi connectivity index (χ3v) is 4.63. The number of rotatable bonds is 4. The van der Waals surface area contributed by atoms with E-state index in [1.165, 1.54) is 22.6 Å². The van der Waals surface area contributed by atoms with Gasteiger partial charge < -0.3 is 5.32 Å². The maximum Gasteiger partial charge on any atom is 0.157 e. The molecule has 2 heterocycles. The summed E-state index contributed by atoms with van der Waals surface area (Å²) in [6.07, 6.45) is 2.63. The molecule has 0 radical (unpaired) electrons. The zero-order chi connectivity index (χ0) is 11.0. The number of hydrogen-bond donors (Lipinski definition) is 1. The molecule has 2 aromatic heterocycles. The molecule has 0 aromatic carbocycles. The molecule has 5 heteroatoms. The summed E-state index contributed by atoms with van der Waals surface area (Å²) >= 11 is 3.47. The predicted octanol–water partition coefficient (Wildman–Crippen LogP) is 2.83. The molecular weight excluding hydrogens is 238 g/mol. The minimum Gasteiger partial charge on any atom is -0.308 e. The monoisotopic (exact) mass is 251 g/mol. The number of aryl methyl sites for hydroxylation is 1. The predicted molar refractivity (Wildman–Crippen MR) is 67.8 cm³/mol. The van der Waals surface area contributed by atoms with Gasteiger partial charge in [-0.05, 0) is 31.9 Å². The first kappa shape index (κ1) is 10.4. The summed E-state index contributed by atoms with van der Waals surface area (Å²) in [7, 11) is 0. The first-order valence-corrected chi connectivity index (χ1v) is 7.07. The van der Waals surface area contributed by atoms with Crippen molar-refractivity contribution in [1.29, 1.82) is 0 Å². The lowest BCUT2D eigenvalue weighted by Crippen LogP contribution is -2.14. The molecule has 2 aromatic rings. The van der Waals surface area contributed by atoms with Crippen molar-refractivity contribution in [3.05, 3.63) is 22.0 Å². The van der Waals surface area contributed by atoms with Crippen LogP contribution in [0.25, 0.3) is 9.88 Å². The van der Waals surface area contributed by atoms with Crippen LogP contribution < -0.4 is 5.32 Å². The van der Waals surface area contributed by atoms with Gasteiger partial charge in [0, 0.05) is 17.5 Å². The van der Waals surface area contributed by atoms with Gasteiger partial charge in [0.15, 0.2) is 5.01 Å². The Kier molecular flexibility index (Phi) is 2.75. The Morgan fingerprint density at radius 1 is 1.31 bits per heavy atom. The van der Waals surface area contributed by atoms with Gasteiger partial charge in [0.1, 0.15) is 5.01 Å². The highest BCUT2D eigenvalue weighted by atomic mass is 32.1. The normalized spacial score (nSPS) is 15.6. The summed E-state index contributed by atoms with van der Waals surface area (Å²) in [4.78, 5) is 2.55. The number of hydrogen-bond acceptors (Lipinski definition) is 5. The Balaban J connectivity index is 1.71. The summed E-state index contributed by atoms with van der Waals surface area (Å²) in [5, 5.41) is 14.0. The summed E-state index contributed by atoms with van der Waals surface area (Å²) in [5.74, 6) is 0. The molecule has 1 aliphatic rings. The van der Waals surface area contributed by atoms with E-state index in [9.17, 15) is 0 Å². The first-order chi connectivity index (χ1) is 7.81. The minimum absolute atomic E-state index is 0.733. The molecule has 0 amide bonds. The van der Waals surface area contributed by atoms with Crippen LogP contribution in [-0.2, 0) is 6.54 Å². The third kappa shape index (κ3) is 2.31. The largest absolute Gasteiger partial charge is 0.308 e. The van der Waals surface area contributed by atoms with Crippen LogP contribution in [0.2, 0.25) is 0 Å². The Morgan fingerprint density at radius 2 is 2.19 bits per heavy atom. The van der Waals surface area contributed by atoms with Crippen LogP contribution >= 0.6 is 22.7 Å². The van der Waals surface area contributed by atoms with Gasteiger partial charge in [-0.2, -0.15) is 0 Å². The van der Waals surface area contributed by atoms with Gasteiger partial charge in [-0.15, -0.1) is 21.5 Å². The lowest BCUT2D eigenvalue weighted by molar-refractivity contribution is 0.679. The standard InChI is InChI=1S/C11H13N3S2/c1-7-2-5-9(15-7)11-14-13-10(16-11)6-12-8-3-4-8/h2,5,8,12H,3-4,6H2,1H3. The SMILES string of the molecule is Cc1ccc(-c2nnc(CNC3CC3)s2)s1. The Hall–Kier alpha value is -0.780. The fourth-order valence-electron chi connectivity index (χ4n) is 1.49. The number of thiophene rings is 1. The summed E-state index contributed by atoms with van der Waals surface area (Å²) in [5.41, 5.74) is 0. The van der Waals surface area contributed by atoms with E-state index >= 15 is 0 Å². The van der Waals surface area contributed by atoms with Crippen LogP contribution in [0.5, 0.6) is 0 Å². The average molecular weight is 251 g/mol. The van der Waals surface area contributed by atoms with E-state index in [-0.39, 0.29) is 0 Å². The smallest absolute Gasteiger partial charge is 0.157 e. The highest BCUT2D eigenvalue weighted by molar-refractivity contribution is 7.21. The van der Waals surface area contributed by atoms with Crippen molar-refractivity contribution in [3.8, 4) is 9.88 Å². The van der Waals surface area contributed by atoms with E-state index in [1.54, 1.807) is 22.7 Å². The maximum absolute atomic E-state index is 4.24. The van der Waals surface area contributed by atoms with Crippen LogP contribution in [-0.4, -0.2) is 16.2 Å². The van der Waals surface area contributed by atoms with Crippen molar-refractivity contribution in [2.45, 2.75) is 32.4 Å². The van der Waals surface area contributed by atoms with Crippen molar-refractivity contribution in [3.63, 3.8) is 0 Å². The van der Waals surface area contributed by atoms with Crippen molar-refractivity contribution < 1.29 is 0 Å². The molecule has 3 nitrogen and oxygen atoms in total. The van der Waals surface area contributed by atoms with E-state index in [1.807, 2.05) is 0 Å². The zero-order valence-corrected chi connectivity index (χ0v) is 10.7. The van der Waals surface area contributed by atoms with Crippen LogP contribution in [0.3, 0.4) is 0 Å². The van der Waals surface area contributed by atoms with Crippen molar-refractivity contribution in [2.24, 2.45) is 0 Å².